The Morgan fingerprint density at radius 3 is 2.59 bits per heavy atom. The number of thiocarbonyl (C=S) groups is 1. The number of nitrogens with zero attached hydrogens (tertiary/aromatic N) is 2. The van der Waals surface area contributed by atoms with Gasteiger partial charge in [0.25, 0.3) is 0 Å². The van der Waals surface area contributed by atoms with E-state index < -0.39 is 0 Å². The maximum Gasteiger partial charge on any atom is 0.338 e. The van der Waals surface area contributed by atoms with Gasteiger partial charge in [0.15, 0.2) is 5.11 Å². The van der Waals surface area contributed by atoms with Crippen LogP contribution in [0, 0.1) is 0 Å². The van der Waals surface area contributed by atoms with Crippen molar-refractivity contribution in [2.24, 2.45) is 0 Å². The van der Waals surface area contributed by atoms with E-state index in [0.29, 0.717) is 23.8 Å². The van der Waals surface area contributed by atoms with Gasteiger partial charge in [-0.15, -0.1) is 0 Å². The number of rotatable bonds is 6. The molecule has 138 valence electrons. The van der Waals surface area contributed by atoms with Gasteiger partial charge in [0.05, 0.1) is 18.7 Å². The zero-order valence-corrected chi connectivity index (χ0v) is 15.7. The molecule has 0 amide bonds. The summed E-state index contributed by atoms with van der Waals surface area (Å²) in [6.07, 6.45) is 3.68. The molecule has 27 heavy (non-hydrogen) atoms. The highest BCUT2D eigenvalue weighted by Gasteiger charge is 2.06. The maximum absolute atomic E-state index is 11.7. The van der Waals surface area contributed by atoms with Crippen LogP contribution in [-0.2, 0) is 11.3 Å². The second-order valence-electron chi connectivity index (χ2n) is 5.78. The summed E-state index contributed by atoms with van der Waals surface area (Å²) in [5.41, 5.74) is 3.30. The first-order chi connectivity index (χ1) is 13.1. The van der Waals surface area contributed by atoms with Gasteiger partial charge in [-0.1, -0.05) is 12.1 Å². The monoisotopic (exact) mass is 380 g/mol. The highest BCUT2D eigenvalue weighted by molar-refractivity contribution is 7.80. The molecule has 0 aliphatic heterocycles. The molecule has 3 rings (SSSR count). The fourth-order valence-electron chi connectivity index (χ4n) is 2.53. The molecule has 0 atom stereocenters. The molecule has 0 radical (unpaired) electrons. The van der Waals surface area contributed by atoms with Crippen LogP contribution in [0.25, 0.3) is 0 Å². The summed E-state index contributed by atoms with van der Waals surface area (Å²) < 4.78 is 6.83. The average Bonchev–Trinajstić information content (AvgIpc) is 3.16. The second kappa shape index (κ2) is 8.95. The number of esters is 1. The molecule has 0 aliphatic carbocycles. The van der Waals surface area contributed by atoms with E-state index in [0.717, 1.165) is 16.9 Å². The molecule has 0 saturated heterocycles. The maximum atomic E-state index is 11.7. The highest BCUT2D eigenvalue weighted by atomic mass is 32.1. The summed E-state index contributed by atoms with van der Waals surface area (Å²) in [5.74, 6) is -0.334. The van der Waals surface area contributed by atoms with Crippen LogP contribution in [0.5, 0.6) is 0 Å². The molecule has 0 bridgehead atoms. The molecule has 1 heterocycles. The lowest BCUT2D eigenvalue weighted by Crippen LogP contribution is -2.19. The largest absolute Gasteiger partial charge is 0.462 e. The molecule has 0 saturated carbocycles. The second-order valence-corrected chi connectivity index (χ2v) is 6.19. The lowest BCUT2D eigenvalue weighted by atomic mass is 10.2. The standard InChI is InChI=1S/C20H20N4O2S/c1-2-26-19(25)16-7-9-17(10-8-16)22-20(27)23-18-6-3-5-15(13-18)14-24-12-4-11-21-24/h3-13H,2,14H2,1H3,(H2,22,23,27). The quantitative estimate of drug-likeness (QED) is 0.499. The van der Waals surface area contributed by atoms with Crippen molar-refractivity contribution >= 4 is 34.7 Å². The zero-order chi connectivity index (χ0) is 19.1. The average molecular weight is 380 g/mol. The number of ether oxygens (including phenoxy) is 1. The minimum Gasteiger partial charge on any atom is -0.462 e. The summed E-state index contributed by atoms with van der Waals surface area (Å²) in [7, 11) is 0. The van der Waals surface area contributed by atoms with Crippen LogP contribution in [0.15, 0.2) is 67.0 Å². The van der Waals surface area contributed by atoms with Gasteiger partial charge >= 0.3 is 5.97 Å². The van der Waals surface area contributed by atoms with E-state index in [1.807, 2.05) is 41.2 Å². The molecule has 0 spiro atoms. The molecule has 2 N–H and O–H groups in total. The Morgan fingerprint density at radius 2 is 1.89 bits per heavy atom. The molecule has 0 fully saturated rings. The Labute approximate surface area is 163 Å². The molecule has 3 aromatic rings. The SMILES string of the molecule is CCOC(=O)c1ccc(NC(=S)Nc2cccc(Cn3cccn3)c2)cc1. The lowest BCUT2D eigenvalue weighted by molar-refractivity contribution is 0.0526. The van der Waals surface area contributed by atoms with Crippen LogP contribution >= 0.6 is 12.2 Å². The minimum absolute atomic E-state index is 0.334. The van der Waals surface area contributed by atoms with Crippen LogP contribution in [0.1, 0.15) is 22.8 Å². The Kier molecular flexibility index (Phi) is 6.17. The molecular formula is C20H20N4O2S. The third-order valence-corrected chi connectivity index (χ3v) is 3.95. The Hall–Kier alpha value is -3.19. The third kappa shape index (κ3) is 5.39. The third-order valence-electron chi connectivity index (χ3n) is 3.74. The Bertz CT molecular complexity index is 908. The van der Waals surface area contributed by atoms with Crippen LogP contribution in [0.2, 0.25) is 0 Å². The predicted molar refractivity (Wildman–Crippen MR) is 110 cm³/mol. The number of anilines is 2. The van der Waals surface area contributed by atoms with E-state index >= 15 is 0 Å². The summed E-state index contributed by atoms with van der Waals surface area (Å²) in [5, 5.41) is 11.0. The van der Waals surface area contributed by atoms with Crippen molar-refractivity contribution < 1.29 is 9.53 Å². The van der Waals surface area contributed by atoms with Crippen molar-refractivity contribution in [3.05, 3.63) is 78.1 Å². The van der Waals surface area contributed by atoms with E-state index in [9.17, 15) is 4.79 Å². The number of hydrogen-bond acceptors (Lipinski definition) is 4. The van der Waals surface area contributed by atoms with E-state index in [2.05, 4.69) is 15.7 Å². The Morgan fingerprint density at radius 1 is 1.11 bits per heavy atom. The molecule has 0 aliphatic rings. The number of carbonyl (C=O) groups excluding carboxylic acids is 1. The van der Waals surface area contributed by atoms with Gasteiger partial charge in [-0.3, -0.25) is 4.68 Å². The number of aromatic nitrogens is 2. The van der Waals surface area contributed by atoms with E-state index in [1.54, 1.807) is 37.4 Å². The first-order valence-corrected chi connectivity index (χ1v) is 8.96. The highest BCUT2D eigenvalue weighted by Crippen LogP contribution is 2.14. The molecule has 7 heteroatoms. The number of carbonyl (C=O) groups is 1. The summed E-state index contributed by atoms with van der Waals surface area (Å²) in [6.45, 7) is 2.83. The van der Waals surface area contributed by atoms with Crippen LogP contribution in [0.3, 0.4) is 0 Å². The smallest absolute Gasteiger partial charge is 0.338 e. The fraction of sp³-hybridized carbons (Fsp3) is 0.150. The number of nitrogens with one attached hydrogen (secondary N) is 2. The Balaban J connectivity index is 1.58. The lowest BCUT2D eigenvalue weighted by Gasteiger charge is -2.12. The van der Waals surface area contributed by atoms with Crippen molar-refractivity contribution in [1.82, 2.24) is 9.78 Å². The molecule has 0 unspecified atom stereocenters. The molecule has 1 aromatic heterocycles. The van der Waals surface area contributed by atoms with Gasteiger partial charge < -0.3 is 15.4 Å². The van der Waals surface area contributed by atoms with Gasteiger partial charge in [-0.2, -0.15) is 5.10 Å². The molecule has 6 nitrogen and oxygen atoms in total. The minimum atomic E-state index is -0.334. The fourth-order valence-corrected chi connectivity index (χ4v) is 2.76. The van der Waals surface area contributed by atoms with Crippen molar-refractivity contribution in [2.45, 2.75) is 13.5 Å². The van der Waals surface area contributed by atoms with Crippen molar-refractivity contribution in [2.75, 3.05) is 17.2 Å². The van der Waals surface area contributed by atoms with Gasteiger partial charge in [0.1, 0.15) is 0 Å². The summed E-state index contributed by atoms with van der Waals surface area (Å²) in [4.78, 5) is 11.7. The zero-order valence-electron chi connectivity index (χ0n) is 14.9. The summed E-state index contributed by atoms with van der Waals surface area (Å²) in [6, 6.07) is 16.9. The van der Waals surface area contributed by atoms with Crippen LogP contribution in [0.4, 0.5) is 11.4 Å². The number of hydrogen-bond donors (Lipinski definition) is 2. The van der Waals surface area contributed by atoms with Gasteiger partial charge in [0, 0.05) is 23.8 Å². The topological polar surface area (TPSA) is 68.2 Å². The summed E-state index contributed by atoms with van der Waals surface area (Å²) >= 11 is 5.37. The molecular weight excluding hydrogens is 360 g/mol. The van der Waals surface area contributed by atoms with Crippen LogP contribution in [-0.4, -0.2) is 27.5 Å². The molecule has 2 aromatic carbocycles. The van der Waals surface area contributed by atoms with Crippen molar-refractivity contribution in [1.29, 1.82) is 0 Å². The normalized spacial score (nSPS) is 10.3. The first kappa shape index (κ1) is 18.6. The van der Waals surface area contributed by atoms with E-state index in [1.165, 1.54) is 0 Å². The van der Waals surface area contributed by atoms with E-state index in [-0.39, 0.29) is 5.97 Å². The van der Waals surface area contributed by atoms with Crippen molar-refractivity contribution in [3.8, 4) is 0 Å². The van der Waals surface area contributed by atoms with Gasteiger partial charge in [-0.25, -0.2) is 4.79 Å². The van der Waals surface area contributed by atoms with Crippen molar-refractivity contribution in [3.63, 3.8) is 0 Å². The van der Waals surface area contributed by atoms with Crippen LogP contribution < -0.4 is 10.6 Å². The number of benzene rings is 2. The van der Waals surface area contributed by atoms with Gasteiger partial charge in [-0.05, 0) is 67.2 Å². The predicted octanol–water partition coefficient (Wildman–Crippen LogP) is 3.92. The van der Waals surface area contributed by atoms with Gasteiger partial charge in [0.2, 0.25) is 0 Å². The first-order valence-electron chi connectivity index (χ1n) is 8.55. The van der Waals surface area contributed by atoms with E-state index in [4.69, 9.17) is 17.0 Å².